The number of rotatable bonds is 4. The maximum atomic E-state index is 5.75. The lowest BCUT2D eigenvalue weighted by Crippen LogP contribution is -2.22. The molecule has 0 unspecified atom stereocenters. The van der Waals surface area contributed by atoms with Gasteiger partial charge in [0, 0.05) is 13.1 Å². The Morgan fingerprint density at radius 3 is 2.56 bits per heavy atom. The molecule has 0 saturated carbocycles. The lowest BCUT2D eigenvalue weighted by atomic mass is 10.2. The van der Waals surface area contributed by atoms with Crippen LogP contribution in [0, 0.1) is 6.92 Å². The third kappa shape index (κ3) is 2.80. The van der Waals surface area contributed by atoms with Crippen molar-refractivity contribution in [3.63, 3.8) is 0 Å². The molecule has 1 heterocycles. The van der Waals surface area contributed by atoms with Crippen molar-refractivity contribution >= 4 is 11.5 Å². The standard InChI is InChI=1S/C15H19N3/c1-3-18(11-13-7-5-4-6-8-13)14-9-12(2)15(16)17-10-14/h4-10H,3,11H2,1-2H3,(H2,16,17). The maximum Gasteiger partial charge on any atom is 0.126 e. The summed E-state index contributed by atoms with van der Waals surface area (Å²) in [6.07, 6.45) is 1.84. The molecule has 0 fully saturated rings. The Bertz CT molecular complexity index is 508. The fourth-order valence-corrected chi connectivity index (χ4v) is 1.93. The quantitative estimate of drug-likeness (QED) is 0.894. The lowest BCUT2D eigenvalue weighted by Gasteiger charge is -2.23. The predicted molar refractivity (Wildman–Crippen MR) is 76.6 cm³/mol. The first-order chi connectivity index (χ1) is 8.70. The molecule has 0 radical (unpaired) electrons. The largest absolute Gasteiger partial charge is 0.383 e. The van der Waals surface area contributed by atoms with Crippen LogP contribution in [-0.2, 0) is 6.54 Å². The zero-order valence-electron chi connectivity index (χ0n) is 10.9. The van der Waals surface area contributed by atoms with Gasteiger partial charge in [0.1, 0.15) is 5.82 Å². The van der Waals surface area contributed by atoms with Gasteiger partial charge in [-0.1, -0.05) is 30.3 Å². The number of hydrogen-bond acceptors (Lipinski definition) is 3. The molecule has 2 N–H and O–H groups in total. The Morgan fingerprint density at radius 1 is 1.22 bits per heavy atom. The van der Waals surface area contributed by atoms with Gasteiger partial charge < -0.3 is 10.6 Å². The third-order valence-electron chi connectivity index (χ3n) is 3.07. The van der Waals surface area contributed by atoms with E-state index in [4.69, 9.17) is 5.73 Å². The van der Waals surface area contributed by atoms with Crippen molar-refractivity contribution in [2.75, 3.05) is 17.2 Å². The van der Waals surface area contributed by atoms with Crippen molar-refractivity contribution in [2.24, 2.45) is 0 Å². The molecule has 3 heteroatoms. The molecule has 2 aromatic rings. The van der Waals surface area contributed by atoms with E-state index in [0.717, 1.165) is 24.3 Å². The Labute approximate surface area is 108 Å². The van der Waals surface area contributed by atoms with E-state index in [-0.39, 0.29) is 0 Å². The Hall–Kier alpha value is -2.03. The van der Waals surface area contributed by atoms with E-state index >= 15 is 0 Å². The normalized spacial score (nSPS) is 10.3. The zero-order valence-corrected chi connectivity index (χ0v) is 10.9. The smallest absolute Gasteiger partial charge is 0.126 e. The summed E-state index contributed by atoms with van der Waals surface area (Å²) < 4.78 is 0. The van der Waals surface area contributed by atoms with Crippen molar-refractivity contribution in [1.82, 2.24) is 4.98 Å². The second-order valence-corrected chi connectivity index (χ2v) is 4.40. The molecule has 18 heavy (non-hydrogen) atoms. The van der Waals surface area contributed by atoms with Gasteiger partial charge in [-0.05, 0) is 31.0 Å². The molecule has 0 atom stereocenters. The topological polar surface area (TPSA) is 42.2 Å². The van der Waals surface area contributed by atoms with Gasteiger partial charge in [0.25, 0.3) is 0 Å². The summed E-state index contributed by atoms with van der Waals surface area (Å²) in [5, 5.41) is 0. The molecular formula is C15H19N3. The van der Waals surface area contributed by atoms with E-state index in [9.17, 15) is 0 Å². The number of anilines is 2. The van der Waals surface area contributed by atoms with Crippen molar-refractivity contribution in [3.05, 3.63) is 53.7 Å². The molecular weight excluding hydrogens is 222 g/mol. The van der Waals surface area contributed by atoms with Gasteiger partial charge in [-0.3, -0.25) is 0 Å². The Kier molecular flexibility index (Phi) is 3.82. The summed E-state index contributed by atoms with van der Waals surface area (Å²) in [4.78, 5) is 6.51. The number of hydrogen-bond donors (Lipinski definition) is 1. The van der Waals surface area contributed by atoms with E-state index in [0.29, 0.717) is 5.82 Å². The van der Waals surface area contributed by atoms with Crippen molar-refractivity contribution < 1.29 is 0 Å². The summed E-state index contributed by atoms with van der Waals surface area (Å²) in [5.41, 5.74) is 9.20. The molecule has 1 aromatic carbocycles. The molecule has 0 aliphatic heterocycles. The summed E-state index contributed by atoms with van der Waals surface area (Å²) in [7, 11) is 0. The molecule has 0 aliphatic rings. The number of aryl methyl sites for hydroxylation is 1. The molecule has 0 bridgehead atoms. The Balaban J connectivity index is 2.20. The maximum absolute atomic E-state index is 5.75. The number of nitrogens with zero attached hydrogens (tertiary/aromatic N) is 2. The summed E-state index contributed by atoms with van der Waals surface area (Å²) in [6, 6.07) is 12.5. The van der Waals surface area contributed by atoms with Crippen LogP contribution in [0.3, 0.4) is 0 Å². The van der Waals surface area contributed by atoms with Gasteiger partial charge >= 0.3 is 0 Å². The second-order valence-electron chi connectivity index (χ2n) is 4.40. The number of benzene rings is 1. The number of nitrogen functional groups attached to an aromatic ring is 1. The molecule has 0 saturated heterocycles. The molecule has 0 spiro atoms. The molecule has 1 aromatic heterocycles. The summed E-state index contributed by atoms with van der Waals surface area (Å²) >= 11 is 0. The van der Waals surface area contributed by atoms with Crippen LogP contribution in [0.4, 0.5) is 11.5 Å². The first-order valence-corrected chi connectivity index (χ1v) is 6.21. The van der Waals surface area contributed by atoms with Crippen molar-refractivity contribution in [2.45, 2.75) is 20.4 Å². The van der Waals surface area contributed by atoms with Crippen LogP contribution < -0.4 is 10.6 Å². The lowest BCUT2D eigenvalue weighted by molar-refractivity contribution is 0.828. The highest BCUT2D eigenvalue weighted by Crippen LogP contribution is 2.19. The van der Waals surface area contributed by atoms with Gasteiger partial charge in [-0.25, -0.2) is 4.98 Å². The first kappa shape index (κ1) is 12.4. The number of nitrogens with two attached hydrogens (primary N) is 1. The van der Waals surface area contributed by atoms with Gasteiger partial charge in [0.05, 0.1) is 11.9 Å². The SMILES string of the molecule is CCN(Cc1ccccc1)c1cnc(N)c(C)c1. The van der Waals surface area contributed by atoms with Gasteiger partial charge in [0.15, 0.2) is 0 Å². The molecule has 0 amide bonds. The van der Waals surface area contributed by atoms with Crippen LogP contribution in [0.5, 0.6) is 0 Å². The molecule has 0 aliphatic carbocycles. The van der Waals surface area contributed by atoms with Crippen LogP contribution in [0.15, 0.2) is 42.6 Å². The van der Waals surface area contributed by atoms with Crippen LogP contribution >= 0.6 is 0 Å². The predicted octanol–water partition coefficient (Wildman–Crippen LogP) is 3.00. The van der Waals surface area contributed by atoms with Gasteiger partial charge in [-0.2, -0.15) is 0 Å². The monoisotopic (exact) mass is 241 g/mol. The zero-order chi connectivity index (χ0) is 13.0. The summed E-state index contributed by atoms with van der Waals surface area (Å²) in [6.45, 7) is 5.97. The van der Waals surface area contributed by atoms with Crippen LogP contribution in [0.25, 0.3) is 0 Å². The minimum Gasteiger partial charge on any atom is -0.383 e. The Morgan fingerprint density at radius 2 is 1.94 bits per heavy atom. The molecule has 94 valence electrons. The van der Waals surface area contributed by atoms with E-state index in [1.54, 1.807) is 0 Å². The van der Waals surface area contributed by atoms with E-state index < -0.39 is 0 Å². The fraction of sp³-hybridized carbons (Fsp3) is 0.267. The summed E-state index contributed by atoms with van der Waals surface area (Å²) in [5.74, 6) is 0.606. The van der Waals surface area contributed by atoms with E-state index in [2.05, 4.69) is 47.1 Å². The minimum atomic E-state index is 0.606. The third-order valence-corrected chi connectivity index (χ3v) is 3.07. The number of pyridine rings is 1. The molecule has 2 rings (SSSR count). The number of aromatic nitrogens is 1. The molecule has 3 nitrogen and oxygen atoms in total. The van der Waals surface area contributed by atoms with Gasteiger partial charge in [-0.15, -0.1) is 0 Å². The van der Waals surface area contributed by atoms with Crippen LogP contribution in [0.1, 0.15) is 18.1 Å². The van der Waals surface area contributed by atoms with Crippen molar-refractivity contribution in [1.29, 1.82) is 0 Å². The minimum absolute atomic E-state index is 0.606. The average Bonchev–Trinajstić information content (AvgIpc) is 2.40. The van der Waals surface area contributed by atoms with E-state index in [1.165, 1.54) is 5.56 Å². The second kappa shape index (κ2) is 5.54. The highest BCUT2D eigenvalue weighted by molar-refractivity contribution is 5.52. The van der Waals surface area contributed by atoms with Crippen LogP contribution in [-0.4, -0.2) is 11.5 Å². The fourth-order valence-electron chi connectivity index (χ4n) is 1.93. The highest BCUT2D eigenvalue weighted by Gasteiger charge is 2.07. The van der Waals surface area contributed by atoms with Crippen molar-refractivity contribution in [3.8, 4) is 0 Å². The van der Waals surface area contributed by atoms with E-state index in [1.807, 2.05) is 19.2 Å². The average molecular weight is 241 g/mol. The van der Waals surface area contributed by atoms with Gasteiger partial charge in [0.2, 0.25) is 0 Å². The van der Waals surface area contributed by atoms with Crippen LogP contribution in [0.2, 0.25) is 0 Å². The first-order valence-electron chi connectivity index (χ1n) is 6.21. The highest BCUT2D eigenvalue weighted by atomic mass is 15.1.